The lowest BCUT2D eigenvalue weighted by Crippen LogP contribution is -2.30. The first-order chi connectivity index (χ1) is 34.0. The number of esters is 3. The molecule has 0 saturated carbocycles. The van der Waals surface area contributed by atoms with Crippen LogP contribution in [0.4, 0.5) is 0 Å². The molecular formula is C63H114O6. The van der Waals surface area contributed by atoms with Crippen LogP contribution in [-0.4, -0.2) is 37.2 Å². The van der Waals surface area contributed by atoms with Gasteiger partial charge < -0.3 is 14.2 Å². The van der Waals surface area contributed by atoms with E-state index in [1.807, 2.05) is 0 Å². The molecule has 0 N–H and O–H groups in total. The lowest BCUT2D eigenvalue weighted by atomic mass is 10.0. The van der Waals surface area contributed by atoms with E-state index < -0.39 is 6.10 Å². The van der Waals surface area contributed by atoms with Gasteiger partial charge in [-0.2, -0.15) is 0 Å². The van der Waals surface area contributed by atoms with E-state index in [4.69, 9.17) is 14.2 Å². The zero-order valence-electron chi connectivity index (χ0n) is 46.1. The molecule has 0 aromatic rings. The third-order valence-corrected chi connectivity index (χ3v) is 13.3. The Balaban J connectivity index is 4.35. The molecule has 1 unspecified atom stereocenters. The predicted molar refractivity (Wildman–Crippen MR) is 298 cm³/mol. The van der Waals surface area contributed by atoms with Gasteiger partial charge in [0, 0.05) is 19.3 Å². The fourth-order valence-electron chi connectivity index (χ4n) is 8.74. The van der Waals surface area contributed by atoms with E-state index in [1.165, 1.54) is 186 Å². The predicted octanol–water partition coefficient (Wildman–Crippen LogP) is 20.2. The second-order valence-corrected chi connectivity index (χ2v) is 20.3. The molecule has 0 aliphatic rings. The van der Waals surface area contributed by atoms with Gasteiger partial charge in [0.15, 0.2) is 6.10 Å². The molecule has 0 aromatic carbocycles. The normalized spacial score (nSPS) is 12.3. The van der Waals surface area contributed by atoms with E-state index in [-0.39, 0.29) is 31.1 Å². The van der Waals surface area contributed by atoms with Gasteiger partial charge >= 0.3 is 17.9 Å². The highest BCUT2D eigenvalue weighted by Crippen LogP contribution is 2.16. The maximum Gasteiger partial charge on any atom is 0.306 e. The Bertz CT molecular complexity index is 1200. The van der Waals surface area contributed by atoms with Crippen molar-refractivity contribution in [3.05, 3.63) is 48.6 Å². The molecule has 0 radical (unpaired) electrons. The van der Waals surface area contributed by atoms with Crippen LogP contribution in [-0.2, 0) is 28.6 Å². The van der Waals surface area contributed by atoms with Gasteiger partial charge in [0.25, 0.3) is 0 Å². The average molecular weight is 968 g/mol. The minimum absolute atomic E-state index is 0.0770. The van der Waals surface area contributed by atoms with Crippen LogP contribution in [0, 0.1) is 0 Å². The third-order valence-electron chi connectivity index (χ3n) is 13.3. The lowest BCUT2D eigenvalue weighted by Gasteiger charge is -2.18. The number of carbonyl (C=O) groups excluding carboxylic acids is 3. The van der Waals surface area contributed by atoms with Crippen LogP contribution in [0.5, 0.6) is 0 Å². The van der Waals surface area contributed by atoms with Crippen molar-refractivity contribution in [2.24, 2.45) is 0 Å². The van der Waals surface area contributed by atoms with Gasteiger partial charge in [-0.15, -0.1) is 0 Å². The van der Waals surface area contributed by atoms with Gasteiger partial charge in [-0.05, 0) is 83.5 Å². The minimum Gasteiger partial charge on any atom is -0.462 e. The Morgan fingerprint density at radius 1 is 0.290 bits per heavy atom. The van der Waals surface area contributed by atoms with Crippen LogP contribution in [0.25, 0.3) is 0 Å². The second-order valence-electron chi connectivity index (χ2n) is 20.3. The van der Waals surface area contributed by atoms with Crippen LogP contribution in [0.15, 0.2) is 48.6 Å². The van der Waals surface area contributed by atoms with E-state index in [1.54, 1.807) is 0 Å². The highest BCUT2D eigenvalue weighted by atomic mass is 16.6. The van der Waals surface area contributed by atoms with E-state index in [9.17, 15) is 14.4 Å². The van der Waals surface area contributed by atoms with Crippen LogP contribution in [0.1, 0.15) is 316 Å². The second kappa shape index (κ2) is 57.9. The molecule has 6 nitrogen and oxygen atoms in total. The van der Waals surface area contributed by atoms with Gasteiger partial charge in [0.05, 0.1) is 0 Å². The molecule has 0 aromatic heterocycles. The zero-order valence-corrected chi connectivity index (χ0v) is 46.1. The van der Waals surface area contributed by atoms with Crippen molar-refractivity contribution in [1.82, 2.24) is 0 Å². The van der Waals surface area contributed by atoms with Crippen LogP contribution < -0.4 is 0 Å². The summed E-state index contributed by atoms with van der Waals surface area (Å²) in [5.41, 5.74) is 0. The Hall–Kier alpha value is -2.63. The molecule has 0 bridgehead atoms. The van der Waals surface area contributed by atoms with E-state index in [0.29, 0.717) is 19.3 Å². The van der Waals surface area contributed by atoms with Crippen molar-refractivity contribution in [3.8, 4) is 0 Å². The number of unbranched alkanes of at least 4 members (excludes halogenated alkanes) is 36. The van der Waals surface area contributed by atoms with E-state index >= 15 is 0 Å². The number of allylic oxidation sites excluding steroid dienone is 8. The largest absolute Gasteiger partial charge is 0.462 e. The van der Waals surface area contributed by atoms with E-state index in [0.717, 1.165) is 89.9 Å². The summed E-state index contributed by atoms with van der Waals surface area (Å²) in [7, 11) is 0. The molecule has 0 spiro atoms. The maximum atomic E-state index is 12.9. The topological polar surface area (TPSA) is 78.9 Å². The number of hydrogen-bond donors (Lipinski definition) is 0. The number of ether oxygens (including phenoxy) is 3. The highest BCUT2D eigenvalue weighted by Gasteiger charge is 2.19. The quantitative estimate of drug-likeness (QED) is 0.0262. The molecule has 0 aliphatic carbocycles. The first kappa shape index (κ1) is 66.4. The summed E-state index contributed by atoms with van der Waals surface area (Å²) in [6, 6.07) is 0. The standard InChI is InChI=1S/C63H114O6/c1-4-7-10-13-16-19-22-25-28-30-31-32-33-34-36-38-41-44-47-50-53-56-62(65)68-59-60(58-67-61(64)55-52-49-46-43-40-37-27-24-21-18-15-12-9-6-3)69-63(66)57-54-51-48-45-42-39-35-29-26-23-20-17-14-11-8-5-2/h20,22-23,25,29-31,35,60H,4-19,21,24,26-28,32-34,36-59H2,1-3H3/b23-20-,25-22-,31-30-,35-29-. The number of hydrogen-bond acceptors (Lipinski definition) is 6. The molecule has 0 aliphatic heterocycles. The summed E-state index contributed by atoms with van der Waals surface area (Å²) in [4.78, 5) is 38.2. The SMILES string of the molecule is CCCCCC/C=C\C/C=C\CCCCCCCC(=O)OC(COC(=O)CCCCCCCCCCC/C=C\C/C=C\CCCCCCC)COC(=O)CCCCCCCCCCCCCCCC. The monoisotopic (exact) mass is 967 g/mol. The summed E-state index contributed by atoms with van der Waals surface area (Å²) in [6.07, 6.45) is 71.0. The summed E-state index contributed by atoms with van der Waals surface area (Å²) in [5, 5.41) is 0. The van der Waals surface area contributed by atoms with Crippen LogP contribution in [0.3, 0.4) is 0 Å². The van der Waals surface area contributed by atoms with Crippen molar-refractivity contribution in [2.75, 3.05) is 13.2 Å². The molecule has 69 heavy (non-hydrogen) atoms. The van der Waals surface area contributed by atoms with Crippen molar-refractivity contribution >= 4 is 17.9 Å². The minimum atomic E-state index is -0.780. The molecule has 0 saturated heterocycles. The molecule has 0 fully saturated rings. The first-order valence-corrected chi connectivity index (χ1v) is 30.1. The average Bonchev–Trinajstić information content (AvgIpc) is 3.35. The lowest BCUT2D eigenvalue weighted by molar-refractivity contribution is -0.167. The number of carbonyl (C=O) groups is 3. The fraction of sp³-hybridized carbons (Fsp3) is 0.825. The van der Waals surface area contributed by atoms with Gasteiger partial charge in [-0.1, -0.05) is 262 Å². The Morgan fingerprint density at radius 3 is 0.812 bits per heavy atom. The third kappa shape index (κ3) is 56.2. The van der Waals surface area contributed by atoms with Gasteiger partial charge in [-0.3, -0.25) is 14.4 Å². The van der Waals surface area contributed by atoms with Gasteiger partial charge in [0.2, 0.25) is 0 Å². The van der Waals surface area contributed by atoms with E-state index in [2.05, 4.69) is 69.4 Å². The molecule has 0 amide bonds. The van der Waals surface area contributed by atoms with Crippen LogP contribution >= 0.6 is 0 Å². The smallest absolute Gasteiger partial charge is 0.306 e. The fourth-order valence-corrected chi connectivity index (χ4v) is 8.74. The Labute approximate surface area is 428 Å². The summed E-state index contributed by atoms with van der Waals surface area (Å²) >= 11 is 0. The van der Waals surface area contributed by atoms with Crippen molar-refractivity contribution in [1.29, 1.82) is 0 Å². The molecule has 0 heterocycles. The van der Waals surface area contributed by atoms with Crippen molar-refractivity contribution in [2.45, 2.75) is 322 Å². The molecule has 6 heteroatoms. The van der Waals surface area contributed by atoms with Gasteiger partial charge in [-0.25, -0.2) is 0 Å². The zero-order chi connectivity index (χ0) is 50.0. The van der Waals surface area contributed by atoms with Crippen molar-refractivity contribution in [3.63, 3.8) is 0 Å². The number of rotatable bonds is 55. The first-order valence-electron chi connectivity index (χ1n) is 30.1. The maximum absolute atomic E-state index is 12.9. The van der Waals surface area contributed by atoms with Crippen LogP contribution in [0.2, 0.25) is 0 Å². The highest BCUT2D eigenvalue weighted by molar-refractivity contribution is 5.71. The molecular weight excluding hydrogens is 853 g/mol. The Kier molecular flexibility index (Phi) is 55.7. The summed E-state index contributed by atoms with van der Waals surface area (Å²) < 4.78 is 16.9. The molecule has 1 atom stereocenters. The van der Waals surface area contributed by atoms with Gasteiger partial charge in [0.1, 0.15) is 13.2 Å². The molecule has 0 rings (SSSR count). The summed E-state index contributed by atoms with van der Waals surface area (Å²) in [6.45, 7) is 6.64. The Morgan fingerprint density at radius 2 is 0.522 bits per heavy atom. The van der Waals surface area contributed by atoms with Crippen molar-refractivity contribution < 1.29 is 28.6 Å². The summed E-state index contributed by atoms with van der Waals surface area (Å²) in [5.74, 6) is -0.879. The molecule has 402 valence electrons.